The van der Waals surface area contributed by atoms with Gasteiger partial charge >= 0.3 is 12.2 Å². The number of carbonyl (C=O) groups excluding carboxylic acids is 1. The van der Waals surface area contributed by atoms with Crippen LogP contribution in [0.4, 0.5) is 9.59 Å². The first kappa shape index (κ1) is 13.9. The SMILES string of the molecule is CC(C)(C)N1CC2(COCCN(C(=O)O)C2)OC1=O. The van der Waals surface area contributed by atoms with E-state index in [1.807, 2.05) is 20.8 Å². The Bertz CT molecular complexity index is 392. The Balaban J connectivity index is 2.19. The zero-order valence-electron chi connectivity index (χ0n) is 11.5. The van der Waals surface area contributed by atoms with Gasteiger partial charge in [0.1, 0.15) is 0 Å². The monoisotopic (exact) mass is 272 g/mol. The van der Waals surface area contributed by atoms with Gasteiger partial charge < -0.3 is 19.5 Å². The first-order valence-corrected chi connectivity index (χ1v) is 6.30. The van der Waals surface area contributed by atoms with Gasteiger partial charge in [0, 0.05) is 12.1 Å². The van der Waals surface area contributed by atoms with Crippen LogP contribution in [0.3, 0.4) is 0 Å². The fourth-order valence-electron chi connectivity index (χ4n) is 2.36. The van der Waals surface area contributed by atoms with Gasteiger partial charge in [-0.2, -0.15) is 0 Å². The number of hydrogen-bond acceptors (Lipinski definition) is 4. The zero-order chi connectivity index (χ0) is 14.3. The molecule has 2 saturated heterocycles. The topological polar surface area (TPSA) is 79.3 Å². The van der Waals surface area contributed by atoms with Crippen molar-refractivity contribution in [2.75, 3.05) is 32.8 Å². The van der Waals surface area contributed by atoms with Crippen LogP contribution in [-0.2, 0) is 9.47 Å². The van der Waals surface area contributed by atoms with Gasteiger partial charge in [0.05, 0.1) is 26.3 Å². The van der Waals surface area contributed by atoms with Crippen LogP contribution in [-0.4, -0.2) is 71.1 Å². The molecule has 2 amide bonds. The number of amides is 2. The predicted molar refractivity (Wildman–Crippen MR) is 66.1 cm³/mol. The van der Waals surface area contributed by atoms with Crippen molar-refractivity contribution in [2.24, 2.45) is 0 Å². The molecule has 2 heterocycles. The molecular weight excluding hydrogens is 252 g/mol. The average Bonchev–Trinajstić information content (AvgIpc) is 2.47. The summed E-state index contributed by atoms with van der Waals surface area (Å²) in [4.78, 5) is 25.9. The minimum atomic E-state index is -1.02. The predicted octanol–water partition coefficient (Wildman–Crippen LogP) is 0.986. The Kier molecular flexibility index (Phi) is 3.34. The van der Waals surface area contributed by atoms with E-state index in [1.54, 1.807) is 4.90 Å². The molecule has 1 spiro atoms. The molecule has 1 unspecified atom stereocenters. The van der Waals surface area contributed by atoms with Crippen molar-refractivity contribution >= 4 is 12.2 Å². The summed E-state index contributed by atoms with van der Waals surface area (Å²) in [6.45, 7) is 7.10. The van der Waals surface area contributed by atoms with Gasteiger partial charge in [-0.1, -0.05) is 0 Å². The summed E-state index contributed by atoms with van der Waals surface area (Å²) in [5.74, 6) is 0. The largest absolute Gasteiger partial charge is 0.465 e. The Morgan fingerprint density at radius 2 is 2.05 bits per heavy atom. The highest BCUT2D eigenvalue weighted by atomic mass is 16.6. The fraction of sp³-hybridized carbons (Fsp3) is 0.833. The molecule has 0 saturated carbocycles. The molecule has 2 aliphatic rings. The highest BCUT2D eigenvalue weighted by molar-refractivity contribution is 5.72. The van der Waals surface area contributed by atoms with Crippen LogP contribution in [0.15, 0.2) is 0 Å². The van der Waals surface area contributed by atoms with E-state index in [0.29, 0.717) is 19.7 Å². The first-order valence-electron chi connectivity index (χ1n) is 6.30. The molecule has 7 nitrogen and oxygen atoms in total. The number of rotatable bonds is 0. The standard InChI is InChI=1S/C12H20N2O5/c1-11(2,3)14-7-12(19-10(14)17)6-13(9(15)16)4-5-18-8-12/h4-8H2,1-3H3,(H,15,16). The molecule has 0 aromatic carbocycles. The van der Waals surface area contributed by atoms with Crippen LogP contribution < -0.4 is 0 Å². The van der Waals surface area contributed by atoms with Gasteiger partial charge in [0.2, 0.25) is 0 Å². The molecule has 0 aromatic heterocycles. The van der Waals surface area contributed by atoms with Crippen LogP contribution in [0.1, 0.15) is 20.8 Å². The normalized spacial score (nSPS) is 28.5. The Morgan fingerprint density at radius 1 is 1.37 bits per heavy atom. The molecule has 0 aliphatic carbocycles. The van der Waals surface area contributed by atoms with E-state index in [2.05, 4.69) is 0 Å². The lowest BCUT2D eigenvalue weighted by molar-refractivity contribution is -0.0145. The lowest BCUT2D eigenvalue weighted by Gasteiger charge is -2.32. The minimum Gasteiger partial charge on any atom is -0.465 e. The van der Waals surface area contributed by atoms with Crippen molar-refractivity contribution in [1.82, 2.24) is 9.80 Å². The van der Waals surface area contributed by atoms with Gasteiger partial charge in [-0.15, -0.1) is 0 Å². The summed E-state index contributed by atoms with van der Waals surface area (Å²) < 4.78 is 10.9. The summed E-state index contributed by atoms with van der Waals surface area (Å²) in [5.41, 5.74) is -1.25. The molecular formula is C12H20N2O5. The number of carboxylic acid groups (broad SMARTS) is 1. The molecule has 0 aromatic rings. The number of carbonyl (C=O) groups is 2. The zero-order valence-corrected chi connectivity index (χ0v) is 11.5. The molecule has 0 radical (unpaired) electrons. The van der Waals surface area contributed by atoms with Crippen LogP contribution in [0.2, 0.25) is 0 Å². The maximum absolute atomic E-state index is 12.0. The van der Waals surface area contributed by atoms with Crippen LogP contribution in [0.5, 0.6) is 0 Å². The van der Waals surface area contributed by atoms with E-state index in [9.17, 15) is 9.59 Å². The van der Waals surface area contributed by atoms with Crippen LogP contribution in [0.25, 0.3) is 0 Å². The highest BCUT2D eigenvalue weighted by Gasteiger charge is 2.51. The molecule has 2 rings (SSSR count). The minimum absolute atomic E-state index is 0.153. The maximum atomic E-state index is 12.0. The molecule has 2 fully saturated rings. The van der Waals surface area contributed by atoms with Crippen LogP contribution in [0, 0.1) is 0 Å². The van der Waals surface area contributed by atoms with E-state index in [-0.39, 0.29) is 18.7 Å². The quantitative estimate of drug-likeness (QED) is 0.711. The van der Waals surface area contributed by atoms with Crippen molar-refractivity contribution in [2.45, 2.75) is 31.9 Å². The smallest absolute Gasteiger partial charge is 0.411 e. The first-order chi connectivity index (χ1) is 8.73. The Labute approximate surface area is 112 Å². The summed E-state index contributed by atoms with van der Waals surface area (Å²) in [6.07, 6.45) is -1.43. The van der Waals surface area contributed by atoms with E-state index < -0.39 is 17.8 Å². The van der Waals surface area contributed by atoms with Crippen molar-refractivity contribution in [1.29, 1.82) is 0 Å². The second-order valence-electron chi connectivity index (χ2n) is 6.06. The Morgan fingerprint density at radius 3 is 2.58 bits per heavy atom. The third-order valence-corrected chi connectivity index (χ3v) is 3.40. The third-order valence-electron chi connectivity index (χ3n) is 3.40. The molecule has 1 N–H and O–H groups in total. The third kappa shape index (κ3) is 2.75. The summed E-state index contributed by atoms with van der Waals surface area (Å²) in [6, 6.07) is 0. The van der Waals surface area contributed by atoms with E-state index in [1.165, 1.54) is 4.90 Å². The van der Waals surface area contributed by atoms with E-state index in [4.69, 9.17) is 14.6 Å². The molecule has 108 valence electrons. The van der Waals surface area contributed by atoms with E-state index >= 15 is 0 Å². The van der Waals surface area contributed by atoms with Gasteiger partial charge in [0.15, 0.2) is 5.60 Å². The number of nitrogens with zero attached hydrogens (tertiary/aromatic N) is 2. The van der Waals surface area contributed by atoms with Gasteiger partial charge in [-0.3, -0.25) is 4.90 Å². The second kappa shape index (κ2) is 4.56. The molecule has 7 heteroatoms. The number of hydrogen-bond donors (Lipinski definition) is 1. The highest BCUT2D eigenvalue weighted by Crippen LogP contribution is 2.31. The van der Waals surface area contributed by atoms with Gasteiger partial charge in [-0.05, 0) is 20.8 Å². The number of ether oxygens (including phenoxy) is 2. The van der Waals surface area contributed by atoms with Crippen molar-refractivity contribution in [3.63, 3.8) is 0 Å². The summed E-state index contributed by atoms with van der Waals surface area (Å²) in [5, 5.41) is 9.11. The van der Waals surface area contributed by atoms with Crippen molar-refractivity contribution in [3.05, 3.63) is 0 Å². The van der Waals surface area contributed by atoms with E-state index in [0.717, 1.165) is 0 Å². The molecule has 1 atom stereocenters. The average molecular weight is 272 g/mol. The second-order valence-corrected chi connectivity index (χ2v) is 6.06. The lowest BCUT2D eigenvalue weighted by atomic mass is 10.0. The van der Waals surface area contributed by atoms with Crippen molar-refractivity contribution < 1.29 is 24.2 Å². The molecule has 19 heavy (non-hydrogen) atoms. The summed E-state index contributed by atoms with van der Waals surface area (Å²) in [7, 11) is 0. The molecule has 0 bridgehead atoms. The van der Waals surface area contributed by atoms with Crippen molar-refractivity contribution in [3.8, 4) is 0 Å². The lowest BCUT2D eigenvalue weighted by Crippen LogP contribution is -2.50. The molecule has 2 aliphatic heterocycles. The van der Waals surface area contributed by atoms with Gasteiger partial charge in [-0.25, -0.2) is 9.59 Å². The summed E-state index contributed by atoms with van der Waals surface area (Å²) >= 11 is 0. The van der Waals surface area contributed by atoms with Crippen LogP contribution >= 0.6 is 0 Å². The maximum Gasteiger partial charge on any atom is 0.411 e. The Hall–Kier alpha value is -1.50. The van der Waals surface area contributed by atoms with Gasteiger partial charge in [0.25, 0.3) is 0 Å². The fourth-order valence-corrected chi connectivity index (χ4v) is 2.36.